The molecule has 3 heteroatoms. The van der Waals surface area contributed by atoms with Crippen LogP contribution in [0, 0.1) is 0 Å². The van der Waals surface area contributed by atoms with Crippen LogP contribution < -0.4 is 10.6 Å². The Morgan fingerprint density at radius 3 is 2.39 bits per heavy atom. The molecule has 3 nitrogen and oxygen atoms in total. The summed E-state index contributed by atoms with van der Waals surface area (Å²) in [5.74, 6) is 0. The van der Waals surface area contributed by atoms with Crippen LogP contribution in [0.15, 0.2) is 30.3 Å². The van der Waals surface area contributed by atoms with E-state index in [0.717, 1.165) is 32.4 Å². The first kappa shape index (κ1) is 15.0. The highest BCUT2D eigenvalue weighted by atomic mass is 16.3. The Morgan fingerprint density at radius 2 is 1.89 bits per heavy atom. The third-order valence-electron chi connectivity index (χ3n) is 3.61. The molecule has 0 bridgehead atoms. The van der Waals surface area contributed by atoms with E-state index in [1.807, 2.05) is 13.0 Å². The molecule has 0 spiro atoms. The van der Waals surface area contributed by atoms with Gasteiger partial charge in [0.2, 0.25) is 0 Å². The number of para-hydroxylation sites is 1. The number of hydrogen-bond acceptors (Lipinski definition) is 3. The van der Waals surface area contributed by atoms with Crippen molar-refractivity contribution in [2.75, 3.05) is 24.5 Å². The molecular formula is C15H26N2O. The van der Waals surface area contributed by atoms with Gasteiger partial charge in [-0.2, -0.15) is 0 Å². The topological polar surface area (TPSA) is 49.5 Å². The molecule has 18 heavy (non-hydrogen) atoms. The minimum absolute atomic E-state index is 0.348. The van der Waals surface area contributed by atoms with Crippen molar-refractivity contribution < 1.29 is 5.11 Å². The number of aliphatic hydroxyl groups is 1. The minimum atomic E-state index is -0.684. The lowest BCUT2D eigenvalue weighted by atomic mass is 9.95. The van der Waals surface area contributed by atoms with Gasteiger partial charge in [0.05, 0.1) is 5.60 Å². The summed E-state index contributed by atoms with van der Waals surface area (Å²) in [5, 5.41) is 10.1. The Balaban J connectivity index is 2.46. The molecule has 0 aromatic heterocycles. The molecule has 0 aliphatic carbocycles. The summed E-state index contributed by atoms with van der Waals surface area (Å²) < 4.78 is 0. The lowest BCUT2D eigenvalue weighted by Crippen LogP contribution is -2.38. The maximum Gasteiger partial charge on any atom is 0.0767 e. The van der Waals surface area contributed by atoms with E-state index in [2.05, 4.69) is 36.1 Å². The van der Waals surface area contributed by atoms with Gasteiger partial charge >= 0.3 is 0 Å². The second kappa shape index (κ2) is 7.39. The third kappa shape index (κ3) is 4.31. The first-order valence-corrected chi connectivity index (χ1v) is 6.87. The normalized spacial score (nSPS) is 14.2. The van der Waals surface area contributed by atoms with E-state index < -0.39 is 5.60 Å². The molecule has 1 aromatic rings. The Bertz CT molecular complexity index is 323. The fourth-order valence-electron chi connectivity index (χ4n) is 2.13. The van der Waals surface area contributed by atoms with Crippen LogP contribution in [0.2, 0.25) is 0 Å². The standard InChI is InChI=1S/C15H26N2O/c1-3-15(18,13-16)11-8-12-17(4-2)14-9-6-5-7-10-14/h5-7,9-10,18H,3-4,8,11-13,16H2,1-2H3. The van der Waals surface area contributed by atoms with Crippen molar-refractivity contribution in [2.24, 2.45) is 5.73 Å². The van der Waals surface area contributed by atoms with Crippen LogP contribution in [0.5, 0.6) is 0 Å². The van der Waals surface area contributed by atoms with E-state index in [9.17, 15) is 5.11 Å². The lowest BCUT2D eigenvalue weighted by Gasteiger charge is -2.28. The van der Waals surface area contributed by atoms with Gasteiger partial charge in [-0.3, -0.25) is 0 Å². The zero-order valence-electron chi connectivity index (χ0n) is 11.6. The van der Waals surface area contributed by atoms with Gasteiger partial charge in [0.15, 0.2) is 0 Å². The van der Waals surface area contributed by atoms with Crippen LogP contribution in [-0.2, 0) is 0 Å². The highest BCUT2D eigenvalue weighted by molar-refractivity contribution is 5.45. The highest BCUT2D eigenvalue weighted by Gasteiger charge is 2.22. The molecule has 102 valence electrons. The highest BCUT2D eigenvalue weighted by Crippen LogP contribution is 2.18. The lowest BCUT2D eigenvalue weighted by molar-refractivity contribution is 0.0350. The van der Waals surface area contributed by atoms with Crippen LogP contribution in [0.25, 0.3) is 0 Å². The summed E-state index contributed by atoms with van der Waals surface area (Å²) in [4.78, 5) is 2.33. The zero-order valence-corrected chi connectivity index (χ0v) is 11.6. The maximum absolute atomic E-state index is 10.1. The number of nitrogens with zero attached hydrogens (tertiary/aromatic N) is 1. The molecule has 1 atom stereocenters. The van der Waals surface area contributed by atoms with Gasteiger partial charge in [-0.15, -0.1) is 0 Å². The van der Waals surface area contributed by atoms with Crippen molar-refractivity contribution in [1.82, 2.24) is 0 Å². The molecule has 0 saturated heterocycles. The summed E-state index contributed by atoms with van der Waals surface area (Å²) in [6.07, 6.45) is 2.45. The first-order valence-electron chi connectivity index (χ1n) is 6.87. The predicted octanol–water partition coefficient (Wildman–Crippen LogP) is 2.39. The van der Waals surface area contributed by atoms with E-state index in [1.165, 1.54) is 5.69 Å². The van der Waals surface area contributed by atoms with E-state index in [4.69, 9.17) is 5.73 Å². The van der Waals surface area contributed by atoms with Gasteiger partial charge in [0, 0.05) is 25.3 Å². The third-order valence-corrected chi connectivity index (χ3v) is 3.61. The Labute approximate surface area is 111 Å². The molecule has 1 aromatic carbocycles. The number of nitrogens with two attached hydrogens (primary N) is 1. The molecule has 0 fully saturated rings. The number of hydrogen-bond donors (Lipinski definition) is 2. The number of rotatable bonds is 8. The molecule has 0 saturated carbocycles. The monoisotopic (exact) mass is 250 g/mol. The fourth-order valence-corrected chi connectivity index (χ4v) is 2.13. The predicted molar refractivity (Wildman–Crippen MR) is 77.9 cm³/mol. The quantitative estimate of drug-likeness (QED) is 0.745. The summed E-state index contributed by atoms with van der Waals surface area (Å²) in [6.45, 7) is 6.44. The van der Waals surface area contributed by atoms with Crippen LogP contribution in [0.1, 0.15) is 33.1 Å². The first-order chi connectivity index (χ1) is 8.65. The van der Waals surface area contributed by atoms with Gasteiger partial charge in [-0.25, -0.2) is 0 Å². The molecule has 1 rings (SSSR count). The Hall–Kier alpha value is -1.06. The van der Waals surface area contributed by atoms with E-state index in [0.29, 0.717) is 6.54 Å². The van der Waals surface area contributed by atoms with Crippen molar-refractivity contribution in [2.45, 2.75) is 38.7 Å². The summed E-state index contributed by atoms with van der Waals surface area (Å²) in [7, 11) is 0. The van der Waals surface area contributed by atoms with Gasteiger partial charge in [0.1, 0.15) is 0 Å². The van der Waals surface area contributed by atoms with Crippen LogP contribution >= 0.6 is 0 Å². The number of benzene rings is 1. The van der Waals surface area contributed by atoms with Crippen LogP contribution in [-0.4, -0.2) is 30.3 Å². The molecule has 1 unspecified atom stereocenters. The molecule has 0 amide bonds. The molecule has 0 heterocycles. The van der Waals surface area contributed by atoms with Crippen molar-refractivity contribution in [1.29, 1.82) is 0 Å². The fraction of sp³-hybridized carbons (Fsp3) is 0.600. The van der Waals surface area contributed by atoms with Gasteiger partial charge in [-0.1, -0.05) is 25.1 Å². The van der Waals surface area contributed by atoms with Crippen molar-refractivity contribution in [3.8, 4) is 0 Å². The minimum Gasteiger partial charge on any atom is -0.389 e. The smallest absolute Gasteiger partial charge is 0.0767 e. The van der Waals surface area contributed by atoms with E-state index >= 15 is 0 Å². The summed E-state index contributed by atoms with van der Waals surface area (Å²) in [5.41, 5.74) is 6.17. The molecule has 0 aliphatic heterocycles. The average Bonchev–Trinajstić information content (AvgIpc) is 2.44. The largest absolute Gasteiger partial charge is 0.389 e. The second-order valence-electron chi connectivity index (χ2n) is 4.80. The van der Waals surface area contributed by atoms with E-state index in [-0.39, 0.29) is 0 Å². The zero-order chi connectivity index (χ0) is 13.4. The van der Waals surface area contributed by atoms with Crippen molar-refractivity contribution >= 4 is 5.69 Å². The van der Waals surface area contributed by atoms with E-state index in [1.54, 1.807) is 0 Å². The number of anilines is 1. The van der Waals surface area contributed by atoms with Gasteiger partial charge in [-0.05, 0) is 38.3 Å². The maximum atomic E-state index is 10.1. The van der Waals surface area contributed by atoms with Crippen molar-refractivity contribution in [3.63, 3.8) is 0 Å². The molecular weight excluding hydrogens is 224 g/mol. The van der Waals surface area contributed by atoms with Crippen LogP contribution in [0.4, 0.5) is 5.69 Å². The average molecular weight is 250 g/mol. The molecule has 0 aliphatic rings. The summed E-state index contributed by atoms with van der Waals surface area (Å²) >= 11 is 0. The molecule has 3 N–H and O–H groups in total. The Kier molecular flexibility index (Phi) is 6.16. The molecule has 0 radical (unpaired) electrons. The van der Waals surface area contributed by atoms with Gasteiger partial charge < -0.3 is 15.7 Å². The second-order valence-corrected chi connectivity index (χ2v) is 4.80. The van der Waals surface area contributed by atoms with Crippen LogP contribution in [0.3, 0.4) is 0 Å². The van der Waals surface area contributed by atoms with Gasteiger partial charge in [0.25, 0.3) is 0 Å². The van der Waals surface area contributed by atoms with Crippen molar-refractivity contribution in [3.05, 3.63) is 30.3 Å². The summed E-state index contributed by atoms with van der Waals surface area (Å²) in [6, 6.07) is 10.4. The Morgan fingerprint density at radius 1 is 1.22 bits per heavy atom. The SMILES string of the molecule is CCN(CCCC(O)(CC)CN)c1ccccc1.